The van der Waals surface area contributed by atoms with Crippen LogP contribution < -0.4 is 5.32 Å². The minimum absolute atomic E-state index is 0.0229. The molecule has 0 saturated heterocycles. The summed E-state index contributed by atoms with van der Waals surface area (Å²) >= 11 is 0. The van der Waals surface area contributed by atoms with Crippen molar-refractivity contribution in [2.45, 2.75) is 98.3 Å². The van der Waals surface area contributed by atoms with Gasteiger partial charge >= 0.3 is 0 Å². The van der Waals surface area contributed by atoms with Gasteiger partial charge in [0.15, 0.2) is 5.78 Å². The summed E-state index contributed by atoms with van der Waals surface area (Å²) in [7, 11) is 4.12. The summed E-state index contributed by atoms with van der Waals surface area (Å²) in [4.78, 5) is 28.6. The molecule has 10 atom stereocenters. The van der Waals surface area contributed by atoms with E-state index in [-0.39, 0.29) is 70.8 Å². The number of nitrogens with zero attached hydrogens (tertiary/aromatic N) is 1. The second kappa shape index (κ2) is 9.50. The van der Waals surface area contributed by atoms with Gasteiger partial charge in [-0.3, -0.25) is 9.59 Å². The average Bonchev–Trinajstić information content (AvgIpc) is 2.92. The quantitative estimate of drug-likeness (QED) is 0.532. The number of carbonyl (C=O) groups excluding carboxylic acids is 2. The van der Waals surface area contributed by atoms with Crippen LogP contribution in [0.3, 0.4) is 0 Å². The standard InChI is InChI=1S/C30H50N2O4/c1-17(2)27(36)31-25-12-9-19-13-20-22(11-10-21(19)28(25,4)16-33)29(5)15-24(35)26(18(3)32(7)8)30(29,6)14-23(20)34/h13,17-19,21-22,24-26,33,35H,9-12,14-16H2,1-8H3,(H,31,36)/t18-,19-,21+,22+,24+,25-,26-,28-,29-,30+/m0/s1. The lowest BCUT2D eigenvalue weighted by molar-refractivity contribution is -0.130. The highest BCUT2D eigenvalue weighted by Gasteiger charge is 2.67. The number of hydrogen-bond donors (Lipinski definition) is 3. The fourth-order valence-electron chi connectivity index (χ4n) is 9.05. The Balaban J connectivity index is 1.69. The predicted molar refractivity (Wildman–Crippen MR) is 142 cm³/mol. The van der Waals surface area contributed by atoms with Crippen LogP contribution in [0.4, 0.5) is 0 Å². The van der Waals surface area contributed by atoms with Gasteiger partial charge < -0.3 is 20.4 Å². The van der Waals surface area contributed by atoms with E-state index >= 15 is 0 Å². The van der Waals surface area contributed by atoms with E-state index < -0.39 is 11.5 Å². The molecule has 0 unspecified atom stereocenters. The molecule has 0 aromatic heterocycles. The summed E-state index contributed by atoms with van der Waals surface area (Å²) in [6, 6.07) is 0.119. The zero-order valence-corrected chi connectivity index (χ0v) is 23.8. The molecule has 204 valence electrons. The minimum atomic E-state index is -0.428. The molecule has 0 radical (unpaired) electrons. The Bertz CT molecular complexity index is 915. The third-order valence-electron chi connectivity index (χ3n) is 11.7. The molecule has 4 rings (SSSR count). The SMILES string of the molecule is CC(C)C(=O)N[C@H]1CC[C@H]2C=C3C(=O)C[C@]4(C)[C@@H]([C@H](C)N(C)C)[C@H](O)C[C@@]4(C)[C@@H]3CC[C@H]2[C@]1(C)CO. The number of amides is 1. The van der Waals surface area contributed by atoms with E-state index in [0.717, 1.165) is 37.7 Å². The number of hydrogen-bond acceptors (Lipinski definition) is 5. The Kier molecular flexibility index (Phi) is 7.33. The van der Waals surface area contributed by atoms with E-state index in [1.165, 1.54) is 0 Å². The molecule has 3 fully saturated rings. The van der Waals surface area contributed by atoms with E-state index in [9.17, 15) is 19.8 Å². The van der Waals surface area contributed by atoms with Crippen molar-refractivity contribution in [1.82, 2.24) is 10.2 Å². The Hall–Kier alpha value is -1.24. The molecule has 0 bridgehead atoms. The minimum Gasteiger partial charge on any atom is -0.396 e. The fraction of sp³-hybridized carbons (Fsp3) is 0.867. The van der Waals surface area contributed by atoms with Crippen LogP contribution in [0.5, 0.6) is 0 Å². The Morgan fingerprint density at radius 3 is 2.36 bits per heavy atom. The van der Waals surface area contributed by atoms with E-state index in [1.807, 2.05) is 13.8 Å². The number of aliphatic hydroxyl groups excluding tert-OH is 2. The maximum absolute atomic E-state index is 13.8. The summed E-state index contributed by atoms with van der Waals surface area (Å²) in [5, 5.41) is 25.3. The van der Waals surface area contributed by atoms with Crippen molar-refractivity contribution in [2.24, 2.45) is 45.8 Å². The highest BCUT2D eigenvalue weighted by atomic mass is 16.3. The van der Waals surface area contributed by atoms with Gasteiger partial charge in [0.25, 0.3) is 0 Å². The Labute approximate surface area is 218 Å². The van der Waals surface area contributed by atoms with Crippen LogP contribution in [0.25, 0.3) is 0 Å². The van der Waals surface area contributed by atoms with Gasteiger partial charge in [0.05, 0.1) is 12.7 Å². The van der Waals surface area contributed by atoms with Crippen molar-refractivity contribution in [3.63, 3.8) is 0 Å². The smallest absolute Gasteiger partial charge is 0.222 e. The highest BCUT2D eigenvalue weighted by Crippen LogP contribution is 2.68. The van der Waals surface area contributed by atoms with Crippen LogP contribution in [-0.2, 0) is 9.59 Å². The Morgan fingerprint density at radius 1 is 1.11 bits per heavy atom. The monoisotopic (exact) mass is 502 g/mol. The van der Waals surface area contributed by atoms with Gasteiger partial charge in [-0.15, -0.1) is 0 Å². The maximum atomic E-state index is 13.8. The summed E-state index contributed by atoms with van der Waals surface area (Å²) in [6.07, 6.45) is 6.62. The van der Waals surface area contributed by atoms with Gasteiger partial charge in [-0.05, 0) is 87.3 Å². The average molecular weight is 503 g/mol. The van der Waals surface area contributed by atoms with Crippen LogP contribution in [-0.4, -0.2) is 65.7 Å². The van der Waals surface area contributed by atoms with Gasteiger partial charge in [0.2, 0.25) is 5.91 Å². The zero-order chi connectivity index (χ0) is 26.8. The molecule has 1 amide bonds. The molecular formula is C30H50N2O4. The van der Waals surface area contributed by atoms with Crippen molar-refractivity contribution in [3.05, 3.63) is 11.6 Å². The molecule has 6 nitrogen and oxygen atoms in total. The van der Waals surface area contributed by atoms with Gasteiger partial charge in [-0.1, -0.05) is 40.7 Å². The molecule has 0 spiro atoms. The van der Waals surface area contributed by atoms with Crippen LogP contribution in [0.2, 0.25) is 0 Å². The van der Waals surface area contributed by atoms with Gasteiger partial charge in [-0.25, -0.2) is 0 Å². The molecule has 36 heavy (non-hydrogen) atoms. The third kappa shape index (κ3) is 4.01. The van der Waals surface area contributed by atoms with Crippen molar-refractivity contribution in [2.75, 3.05) is 20.7 Å². The summed E-state index contributed by atoms with van der Waals surface area (Å²) in [5.74, 6) is 0.810. The first kappa shape index (κ1) is 27.8. The van der Waals surface area contributed by atoms with Gasteiger partial charge in [0, 0.05) is 35.8 Å². The Morgan fingerprint density at radius 2 is 1.78 bits per heavy atom. The molecule has 4 aliphatic carbocycles. The topological polar surface area (TPSA) is 89.9 Å². The van der Waals surface area contributed by atoms with Crippen LogP contribution in [0.15, 0.2) is 11.6 Å². The van der Waals surface area contributed by atoms with Crippen LogP contribution in [0.1, 0.15) is 80.1 Å². The maximum Gasteiger partial charge on any atom is 0.222 e. The highest BCUT2D eigenvalue weighted by molar-refractivity contribution is 5.98. The molecule has 0 aromatic carbocycles. The summed E-state index contributed by atoms with van der Waals surface area (Å²) < 4.78 is 0. The number of allylic oxidation sites excluding steroid dienone is 2. The normalized spacial score (nSPS) is 45.4. The van der Waals surface area contributed by atoms with Crippen LogP contribution >= 0.6 is 0 Å². The number of Topliss-reactive ketones (excluding diaryl/α,β-unsaturated/α-hetero) is 1. The number of nitrogens with one attached hydrogen (secondary N) is 1. The summed E-state index contributed by atoms with van der Waals surface area (Å²) in [6.45, 7) is 12.7. The first-order chi connectivity index (χ1) is 16.7. The van der Waals surface area contributed by atoms with Gasteiger partial charge in [0.1, 0.15) is 0 Å². The molecule has 0 aromatic rings. The van der Waals surface area contributed by atoms with E-state index in [0.29, 0.717) is 6.42 Å². The number of ketones is 1. The van der Waals surface area contributed by atoms with Crippen molar-refractivity contribution in [3.8, 4) is 0 Å². The predicted octanol–water partition coefficient (Wildman–Crippen LogP) is 3.80. The lowest BCUT2D eigenvalue weighted by atomic mass is 9.50. The van der Waals surface area contributed by atoms with Crippen molar-refractivity contribution in [1.29, 1.82) is 0 Å². The number of carbonyl (C=O) groups is 2. The lowest BCUT2D eigenvalue weighted by Crippen LogP contribution is -2.56. The first-order valence-corrected chi connectivity index (χ1v) is 14.2. The van der Waals surface area contributed by atoms with Crippen molar-refractivity contribution < 1.29 is 19.8 Å². The largest absolute Gasteiger partial charge is 0.396 e. The van der Waals surface area contributed by atoms with E-state index in [1.54, 1.807) is 0 Å². The number of fused-ring (bicyclic) bond motifs is 4. The fourth-order valence-corrected chi connectivity index (χ4v) is 9.05. The number of rotatable bonds is 5. The van der Waals surface area contributed by atoms with Crippen molar-refractivity contribution >= 4 is 11.7 Å². The third-order valence-corrected chi connectivity index (χ3v) is 11.7. The molecule has 6 heteroatoms. The van der Waals surface area contributed by atoms with Gasteiger partial charge in [-0.2, -0.15) is 0 Å². The van der Waals surface area contributed by atoms with E-state index in [4.69, 9.17) is 0 Å². The zero-order valence-electron chi connectivity index (χ0n) is 23.8. The molecule has 4 aliphatic rings. The molecule has 3 saturated carbocycles. The van der Waals surface area contributed by atoms with Crippen LogP contribution in [0, 0.1) is 45.8 Å². The second-order valence-electron chi connectivity index (χ2n) is 13.9. The molecule has 0 heterocycles. The molecule has 3 N–H and O–H groups in total. The lowest BCUT2D eigenvalue weighted by Gasteiger charge is -2.54. The second-order valence-corrected chi connectivity index (χ2v) is 13.9. The first-order valence-electron chi connectivity index (χ1n) is 14.2. The molecule has 0 aliphatic heterocycles. The van der Waals surface area contributed by atoms with E-state index in [2.05, 4.69) is 58.1 Å². The summed E-state index contributed by atoms with van der Waals surface area (Å²) in [5.41, 5.74) is 0.134. The number of aliphatic hydroxyl groups is 2. The molecular weight excluding hydrogens is 452 g/mol.